The molecule has 0 aromatic heterocycles. The lowest BCUT2D eigenvalue weighted by atomic mass is 9.88. The zero-order chi connectivity index (χ0) is 22.2. The summed E-state index contributed by atoms with van der Waals surface area (Å²) in [5, 5.41) is 70.4. The number of ketones is 1. The van der Waals surface area contributed by atoms with Crippen LogP contribution in [0.3, 0.4) is 0 Å². The molecule has 5 atom stereocenters. The average Bonchev–Trinajstić information content (AvgIpc) is 2.73. The van der Waals surface area contributed by atoms with Gasteiger partial charge in [-0.05, 0) is 24.3 Å². The first-order chi connectivity index (χ1) is 14.2. The third kappa shape index (κ3) is 3.66. The maximum absolute atomic E-state index is 12.9. The number of benzene rings is 2. The van der Waals surface area contributed by atoms with E-state index in [9.17, 15) is 40.5 Å². The van der Waals surface area contributed by atoms with E-state index in [1.165, 1.54) is 31.4 Å². The lowest BCUT2D eigenvalue weighted by molar-refractivity contribution is -0.232. The number of hydrogen-bond acceptors (Lipinski definition) is 10. The van der Waals surface area contributed by atoms with Gasteiger partial charge in [0.2, 0.25) is 5.78 Å². The minimum Gasteiger partial charge on any atom is -0.508 e. The van der Waals surface area contributed by atoms with Gasteiger partial charge in [0.25, 0.3) is 0 Å². The summed E-state index contributed by atoms with van der Waals surface area (Å²) in [7, 11) is 1.21. The number of carbonyl (C=O) groups excluding carboxylic acids is 1. The van der Waals surface area contributed by atoms with Gasteiger partial charge in [-0.25, -0.2) is 0 Å². The molecule has 1 aliphatic rings. The molecule has 10 nitrogen and oxygen atoms in total. The number of hydrogen-bond donors (Lipinski definition) is 7. The Bertz CT molecular complexity index is 924. The number of methoxy groups -OCH3 is 1. The molecule has 0 amide bonds. The molecule has 0 radical (unpaired) electrons. The van der Waals surface area contributed by atoms with E-state index < -0.39 is 60.0 Å². The first kappa shape index (κ1) is 21.8. The van der Waals surface area contributed by atoms with Crippen molar-refractivity contribution in [2.45, 2.75) is 30.5 Å². The third-order valence-corrected chi connectivity index (χ3v) is 5.03. The van der Waals surface area contributed by atoms with Crippen molar-refractivity contribution in [3.63, 3.8) is 0 Å². The van der Waals surface area contributed by atoms with Crippen molar-refractivity contribution in [1.29, 1.82) is 0 Å². The van der Waals surface area contributed by atoms with Crippen LogP contribution >= 0.6 is 0 Å². The quantitative estimate of drug-likeness (QED) is 0.313. The second kappa shape index (κ2) is 8.46. The molecular formula is C20H22O10. The van der Waals surface area contributed by atoms with Gasteiger partial charge in [0.05, 0.1) is 19.3 Å². The van der Waals surface area contributed by atoms with Gasteiger partial charge in [0, 0.05) is 11.6 Å². The fourth-order valence-corrected chi connectivity index (χ4v) is 3.41. The summed E-state index contributed by atoms with van der Waals surface area (Å²) >= 11 is 0. The van der Waals surface area contributed by atoms with E-state index in [2.05, 4.69) is 0 Å². The van der Waals surface area contributed by atoms with Crippen LogP contribution in [0.25, 0.3) is 0 Å². The molecule has 0 unspecified atom stereocenters. The van der Waals surface area contributed by atoms with Gasteiger partial charge in [-0.2, -0.15) is 0 Å². The highest BCUT2D eigenvalue weighted by molar-refractivity contribution is 6.13. The summed E-state index contributed by atoms with van der Waals surface area (Å²) in [5.74, 6) is -2.42. The Kier molecular flexibility index (Phi) is 6.15. The van der Waals surface area contributed by atoms with Crippen LogP contribution in [-0.2, 0) is 4.74 Å². The number of aliphatic hydroxyl groups excluding tert-OH is 4. The number of rotatable bonds is 5. The molecule has 30 heavy (non-hydrogen) atoms. The van der Waals surface area contributed by atoms with E-state index in [-0.39, 0.29) is 22.6 Å². The molecule has 1 aliphatic heterocycles. The van der Waals surface area contributed by atoms with Crippen molar-refractivity contribution in [3.8, 4) is 23.0 Å². The molecule has 1 fully saturated rings. The lowest BCUT2D eigenvalue weighted by Crippen LogP contribution is -2.55. The van der Waals surface area contributed by atoms with E-state index in [4.69, 9.17) is 9.47 Å². The molecule has 2 aromatic rings. The van der Waals surface area contributed by atoms with E-state index >= 15 is 0 Å². The molecule has 10 heteroatoms. The van der Waals surface area contributed by atoms with Crippen molar-refractivity contribution in [2.24, 2.45) is 0 Å². The first-order valence-electron chi connectivity index (χ1n) is 8.98. The maximum atomic E-state index is 12.9. The Balaban J connectivity index is 2.14. The number of carbonyl (C=O) groups is 1. The van der Waals surface area contributed by atoms with Crippen LogP contribution in [-0.4, -0.2) is 79.7 Å². The Morgan fingerprint density at radius 2 is 1.67 bits per heavy atom. The number of phenols is 3. The first-order valence-corrected chi connectivity index (χ1v) is 8.98. The van der Waals surface area contributed by atoms with Crippen LogP contribution in [0.5, 0.6) is 23.0 Å². The van der Waals surface area contributed by atoms with Crippen LogP contribution in [0, 0.1) is 0 Å². The van der Waals surface area contributed by atoms with Crippen LogP contribution in [0.4, 0.5) is 0 Å². The lowest BCUT2D eigenvalue weighted by Gasteiger charge is -2.40. The highest BCUT2D eigenvalue weighted by Gasteiger charge is 2.46. The topological polar surface area (TPSA) is 177 Å². The second-order valence-electron chi connectivity index (χ2n) is 6.86. The van der Waals surface area contributed by atoms with Crippen LogP contribution in [0.15, 0.2) is 30.3 Å². The highest BCUT2D eigenvalue weighted by atomic mass is 16.5. The smallest absolute Gasteiger partial charge is 0.200 e. The molecule has 0 bridgehead atoms. The van der Waals surface area contributed by atoms with Crippen molar-refractivity contribution in [2.75, 3.05) is 13.7 Å². The number of aromatic hydroxyl groups is 3. The molecular weight excluding hydrogens is 400 g/mol. The van der Waals surface area contributed by atoms with E-state index in [1.54, 1.807) is 0 Å². The number of phenolic OH excluding ortho intramolecular Hbond substituents is 3. The second-order valence-corrected chi connectivity index (χ2v) is 6.86. The molecule has 3 rings (SSSR count). The molecule has 1 saturated heterocycles. The van der Waals surface area contributed by atoms with Gasteiger partial charge in [-0.15, -0.1) is 0 Å². The summed E-state index contributed by atoms with van der Waals surface area (Å²) < 4.78 is 10.6. The predicted octanol–water partition coefficient (Wildman–Crippen LogP) is -0.442. The van der Waals surface area contributed by atoms with Gasteiger partial charge in [-0.1, -0.05) is 0 Å². The SMILES string of the molecule is COc1cc(O)c(C(=O)c2ccc(O)cc2)c(O)c1[C@@H]1O[C@H](CO)[C@@H](O)[C@H](O)[C@H]1O. The Labute approximate surface area is 170 Å². The normalized spacial score (nSPS) is 26.4. The largest absolute Gasteiger partial charge is 0.508 e. The average molecular weight is 422 g/mol. The minimum absolute atomic E-state index is 0.0447. The van der Waals surface area contributed by atoms with E-state index in [0.29, 0.717) is 0 Å². The standard InChI is InChI=1S/C20H22O10/c1-29-11-6-10(23)13(15(24)8-2-4-9(22)5-3-8)17(26)14(11)20-19(28)18(27)16(25)12(7-21)30-20/h2-6,12,16,18-23,25-28H,7H2,1H3/t12-,16-,18+,19-,20+/m1/s1. The van der Waals surface area contributed by atoms with Gasteiger partial charge in [0.15, 0.2) is 0 Å². The van der Waals surface area contributed by atoms with Gasteiger partial charge >= 0.3 is 0 Å². The van der Waals surface area contributed by atoms with Gasteiger partial charge < -0.3 is 45.2 Å². The van der Waals surface area contributed by atoms with E-state index in [0.717, 1.165) is 6.07 Å². The zero-order valence-corrected chi connectivity index (χ0v) is 15.8. The van der Waals surface area contributed by atoms with Crippen LogP contribution in [0.1, 0.15) is 27.6 Å². The number of aliphatic hydroxyl groups is 4. The van der Waals surface area contributed by atoms with Crippen molar-refractivity contribution in [1.82, 2.24) is 0 Å². The van der Waals surface area contributed by atoms with E-state index in [1.807, 2.05) is 0 Å². The molecule has 162 valence electrons. The molecule has 0 aliphatic carbocycles. The van der Waals surface area contributed by atoms with Crippen molar-refractivity contribution < 1.29 is 50.0 Å². The van der Waals surface area contributed by atoms with Crippen molar-refractivity contribution in [3.05, 3.63) is 47.0 Å². The Hall–Kier alpha value is -2.89. The summed E-state index contributed by atoms with van der Waals surface area (Å²) in [6, 6.07) is 6.11. The fourth-order valence-electron chi connectivity index (χ4n) is 3.41. The van der Waals surface area contributed by atoms with Crippen LogP contribution in [0.2, 0.25) is 0 Å². The summed E-state index contributed by atoms with van der Waals surface area (Å²) in [5.41, 5.74) is -0.730. The molecule has 7 N–H and O–H groups in total. The Morgan fingerprint density at radius 1 is 1.03 bits per heavy atom. The number of ether oxygens (including phenoxy) is 2. The fraction of sp³-hybridized carbons (Fsp3) is 0.350. The highest BCUT2D eigenvalue weighted by Crippen LogP contribution is 2.46. The van der Waals surface area contributed by atoms with Gasteiger partial charge in [-0.3, -0.25) is 4.79 Å². The third-order valence-electron chi connectivity index (χ3n) is 5.03. The summed E-state index contributed by atoms with van der Waals surface area (Å²) in [4.78, 5) is 12.9. The molecule has 1 heterocycles. The maximum Gasteiger partial charge on any atom is 0.200 e. The summed E-state index contributed by atoms with van der Waals surface area (Å²) in [6.45, 7) is -0.693. The minimum atomic E-state index is -1.75. The zero-order valence-electron chi connectivity index (χ0n) is 15.8. The van der Waals surface area contributed by atoms with Gasteiger partial charge in [0.1, 0.15) is 59.1 Å². The Morgan fingerprint density at radius 3 is 2.23 bits per heavy atom. The summed E-state index contributed by atoms with van der Waals surface area (Å²) in [6.07, 6.45) is -7.85. The monoisotopic (exact) mass is 422 g/mol. The molecule has 0 saturated carbocycles. The van der Waals surface area contributed by atoms with Crippen LogP contribution < -0.4 is 4.74 Å². The molecule has 2 aromatic carbocycles. The van der Waals surface area contributed by atoms with Crippen molar-refractivity contribution >= 4 is 5.78 Å². The predicted molar refractivity (Wildman–Crippen MR) is 101 cm³/mol. The molecule has 0 spiro atoms.